The number of imidazole rings is 1. The highest BCUT2D eigenvalue weighted by Gasteiger charge is 2.33. The van der Waals surface area contributed by atoms with Gasteiger partial charge in [-0.2, -0.15) is 0 Å². The first kappa shape index (κ1) is 23.0. The number of aliphatic hydroxyl groups excluding tert-OH is 1. The molecule has 7 nitrogen and oxygen atoms in total. The van der Waals surface area contributed by atoms with Crippen LogP contribution in [0.15, 0.2) is 67.1 Å². The second-order valence-corrected chi connectivity index (χ2v) is 8.47. The average molecular weight is 448 g/mol. The predicted octanol–water partition coefficient (Wildman–Crippen LogP) is 3.67. The molecule has 3 aromatic rings. The van der Waals surface area contributed by atoms with Gasteiger partial charge in [0.15, 0.2) is 0 Å². The molecule has 1 aromatic heterocycles. The molecule has 2 atom stereocenters. The van der Waals surface area contributed by atoms with Gasteiger partial charge in [-0.15, -0.1) is 0 Å². The molecule has 0 radical (unpaired) electrons. The van der Waals surface area contributed by atoms with Gasteiger partial charge in [0.25, 0.3) is 5.91 Å². The number of benzene rings is 2. The topological polar surface area (TPSA) is 75.7 Å². The summed E-state index contributed by atoms with van der Waals surface area (Å²) in [4.78, 5) is 26.3. The third kappa shape index (κ3) is 5.26. The van der Waals surface area contributed by atoms with E-state index in [4.69, 9.17) is 0 Å². The van der Waals surface area contributed by atoms with Crippen LogP contribution in [0.3, 0.4) is 0 Å². The normalized spacial score (nSPS) is 18.8. The minimum absolute atomic E-state index is 0.0463. The second-order valence-electron chi connectivity index (χ2n) is 8.47. The molecule has 1 saturated heterocycles. The van der Waals surface area contributed by atoms with Crippen LogP contribution in [-0.4, -0.2) is 69.1 Å². The first-order valence-corrected chi connectivity index (χ1v) is 11.7. The summed E-state index contributed by atoms with van der Waals surface area (Å²) < 4.78 is 0. The lowest BCUT2D eigenvalue weighted by Crippen LogP contribution is -2.52. The van der Waals surface area contributed by atoms with Gasteiger partial charge in [0.1, 0.15) is 0 Å². The number of rotatable bonds is 8. The number of carbonyl (C=O) groups is 1. The number of carbonyl (C=O) groups excluding carboxylic acids is 1. The van der Waals surface area contributed by atoms with Crippen LogP contribution in [0.2, 0.25) is 0 Å². The highest BCUT2D eigenvalue weighted by molar-refractivity contribution is 5.94. The van der Waals surface area contributed by atoms with Crippen molar-refractivity contribution in [2.45, 2.75) is 39.0 Å². The Bertz CT molecular complexity index is 1000. The molecule has 1 aliphatic rings. The maximum atomic E-state index is 12.7. The van der Waals surface area contributed by atoms with E-state index in [1.54, 1.807) is 6.33 Å². The van der Waals surface area contributed by atoms with Gasteiger partial charge in [0.2, 0.25) is 0 Å². The molecular weight excluding hydrogens is 414 g/mol. The summed E-state index contributed by atoms with van der Waals surface area (Å²) in [5.41, 5.74) is 3.74. The maximum Gasteiger partial charge on any atom is 0.253 e. The number of nitrogens with one attached hydrogen (secondary N) is 1. The van der Waals surface area contributed by atoms with Crippen molar-refractivity contribution in [1.29, 1.82) is 0 Å². The molecule has 0 spiro atoms. The van der Waals surface area contributed by atoms with E-state index in [9.17, 15) is 9.90 Å². The van der Waals surface area contributed by atoms with Crippen molar-refractivity contribution in [3.63, 3.8) is 0 Å². The first-order valence-electron chi connectivity index (χ1n) is 11.7. The minimum atomic E-state index is -0.515. The van der Waals surface area contributed by atoms with E-state index in [-0.39, 0.29) is 11.9 Å². The fourth-order valence-electron chi connectivity index (χ4n) is 4.62. The van der Waals surface area contributed by atoms with Crippen LogP contribution in [-0.2, 0) is 6.54 Å². The maximum absolute atomic E-state index is 12.7. The predicted molar refractivity (Wildman–Crippen MR) is 131 cm³/mol. The van der Waals surface area contributed by atoms with Gasteiger partial charge in [-0.25, -0.2) is 4.98 Å². The van der Waals surface area contributed by atoms with Gasteiger partial charge in [-0.3, -0.25) is 9.69 Å². The van der Waals surface area contributed by atoms with Crippen molar-refractivity contribution in [2.24, 2.45) is 0 Å². The van der Waals surface area contributed by atoms with Gasteiger partial charge in [0, 0.05) is 61.6 Å². The van der Waals surface area contributed by atoms with Crippen LogP contribution in [0.25, 0.3) is 0 Å². The Morgan fingerprint density at radius 3 is 2.39 bits per heavy atom. The smallest absolute Gasteiger partial charge is 0.253 e. The molecule has 33 heavy (non-hydrogen) atoms. The number of hydrogen-bond donors (Lipinski definition) is 2. The summed E-state index contributed by atoms with van der Waals surface area (Å²) in [6.07, 6.45) is 3.82. The highest BCUT2D eigenvalue weighted by atomic mass is 16.3. The molecule has 174 valence electrons. The lowest BCUT2D eigenvalue weighted by Gasteiger charge is -2.42. The van der Waals surface area contributed by atoms with E-state index in [0.717, 1.165) is 36.6 Å². The number of β-amino-alcohol motifs (C(OH)–C–C–N with tert-alkyl or cyclic N) is 1. The Morgan fingerprint density at radius 2 is 1.79 bits per heavy atom. The zero-order chi connectivity index (χ0) is 23.2. The number of para-hydroxylation sites is 1. The summed E-state index contributed by atoms with van der Waals surface area (Å²) in [7, 11) is 0. The lowest BCUT2D eigenvalue weighted by atomic mass is 9.98. The van der Waals surface area contributed by atoms with Crippen LogP contribution in [0.1, 0.15) is 36.3 Å². The molecule has 2 N–H and O–H groups in total. The molecule has 0 saturated carbocycles. The summed E-state index contributed by atoms with van der Waals surface area (Å²) >= 11 is 0. The number of aromatic nitrogens is 2. The third-order valence-corrected chi connectivity index (χ3v) is 6.39. The molecule has 2 heterocycles. The standard InChI is InChI=1S/C26H33N5O2/c1-3-30(4-2)26(33)20-10-12-23(13-11-20)31(22-8-6-5-7-9-22)24-14-15-29(18-25(24)32)17-21-16-27-19-28-21/h5-13,16,19,24-25,32H,3-4,14-15,17-18H2,1-2H3,(H,27,28). The fraction of sp³-hybridized carbons (Fsp3) is 0.385. The monoisotopic (exact) mass is 447 g/mol. The largest absolute Gasteiger partial charge is 0.390 e. The van der Waals surface area contributed by atoms with Crippen molar-refractivity contribution in [3.8, 4) is 0 Å². The Hall–Kier alpha value is -3.16. The molecule has 4 rings (SSSR count). The van der Waals surface area contributed by atoms with Crippen molar-refractivity contribution in [3.05, 3.63) is 78.4 Å². The second kappa shape index (κ2) is 10.6. The van der Waals surface area contributed by atoms with Crippen LogP contribution < -0.4 is 4.90 Å². The number of aromatic amines is 1. The molecule has 1 amide bonds. The minimum Gasteiger partial charge on any atom is -0.390 e. The Balaban J connectivity index is 1.56. The van der Waals surface area contributed by atoms with E-state index in [1.165, 1.54) is 0 Å². The van der Waals surface area contributed by atoms with Gasteiger partial charge in [0.05, 0.1) is 18.5 Å². The number of amides is 1. The van der Waals surface area contributed by atoms with E-state index < -0.39 is 6.10 Å². The van der Waals surface area contributed by atoms with Crippen LogP contribution in [0, 0.1) is 0 Å². The molecular formula is C26H33N5O2. The van der Waals surface area contributed by atoms with E-state index in [1.807, 2.05) is 67.4 Å². The number of nitrogens with zero attached hydrogens (tertiary/aromatic N) is 4. The molecule has 2 unspecified atom stereocenters. The molecule has 1 aliphatic heterocycles. The zero-order valence-electron chi connectivity index (χ0n) is 19.4. The number of likely N-dealkylation sites (tertiary alicyclic amines) is 1. The average Bonchev–Trinajstić information content (AvgIpc) is 3.35. The summed E-state index contributed by atoms with van der Waals surface area (Å²) in [5, 5.41) is 11.2. The molecule has 7 heteroatoms. The number of hydrogen-bond acceptors (Lipinski definition) is 5. The summed E-state index contributed by atoms with van der Waals surface area (Å²) in [6, 6.07) is 17.9. The lowest BCUT2D eigenvalue weighted by molar-refractivity contribution is 0.0494. The SMILES string of the molecule is CCN(CC)C(=O)c1ccc(N(c2ccccc2)C2CCN(Cc3cnc[nH]3)CC2O)cc1. The van der Waals surface area contributed by atoms with Gasteiger partial charge in [-0.1, -0.05) is 18.2 Å². The van der Waals surface area contributed by atoms with Crippen molar-refractivity contribution >= 4 is 17.3 Å². The number of anilines is 2. The van der Waals surface area contributed by atoms with E-state index in [0.29, 0.717) is 25.2 Å². The highest BCUT2D eigenvalue weighted by Crippen LogP contribution is 2.32. The van der Waals surface area contributed by atoms with Crippen LogP contribution >= 0.6 is 0 Å². The number of piperidine rings is 1. The fourth-order valence-corrected chi connectivity index (χ4v) is 4.62. The quantitative estimate of drug-likeness (QED) is 0.551. The third-order valence-electron chi connectivity index (χ3n) is 6.39. The van der Waals surface area contributed by atoms with Gasteiger partial charge >= 0.3 is 0 Å². The van der Waals surface area contributed by atoms with E-state index >= 15 is 0 Å². The Kier molecular flexibility index (Phi) is 7.42. The van der Waals surface area contributed by atoms with Crippen molar-refractivity contribution < 1.29 is 9.90 Å². The Morgan fingerprint density at radius 1 is 1.09 bits per heavy atom. The Labute approximate surface area is 195 Å². The summed E-state index contributed by atoms with van der Waals surface area (Å²) in [5.74, 6) is 0.0463. The summed E-state index contributed by atoms with van der Waals surface area (Å²) in [6.45, 7) is 7.58. The molecule has 2 aromatic carbocycles. The molecule has 1 fully saturated rings. The first-order chi connectivity index (χ1) is 16.1. The molecule has 0 bridgehead atoms. The van der Waals surface area contributed by atoms with Crippen LogP contribution in [0.5, 0.6) is 0 Å². The van der Waals surface area contributed by atoms with Gasteiger partial charge < -0.3 is 19.9 Å². The van der Waals surface area contributed by atoms with Gasteiger partial charge in [-0.05, 0) is 56.7 Å². The number of aliphatic hydroxyl groups is 1. The zero-order valence-corrected chi connectivity index (χ0v) is 19.4. The van der Waals surface area contributed by atoms with Crippen molar-refractivity contribution in [2.75, 3.05) is 31.1 Å². The molecule has 0 aliphatic carbocycles. The number of H-pyrrole nitrogens is 1. The van der Waals surface area contributed by atoms with Crippen LogP contribution in [0.4, 0.5) is 11.4 Å². The van der Waals surface area contributed by atoms with E-state index in [2.05, 4.69) is 31.9 Å². The van der Waals surface area contributed by atoms with Crippen molar-refractivity contribution in [1.82, 2.24) is 19.8 Å².